The van der Waals surface area contributed by atoms with E-state index in [0.717, 1.165) is 11.3 Å². The number of aliphatic hydroxyl groups is 1. The van der Waals surface area contributed by atoms with E-state index in [0.29, 0.717) is 49.4 Å². The normalized spacial score (nSPS) is 20.1. The van der Waals surface area contributed by atoms with E-state index < -0.39 is 17.7 Å². The van der Waals surface area contributed by atoms with Crippen LogP contribution < -0.4 is 9.47 Å². The van der Waals surface area contributed by atoms with Crippen molar-refractivity contribution in [3.8, 4) is 11.5 Å². The number of rotatable bonds is 9. The van der Waals surface area contributed by atoms with E-state index in [-0.39, 0.29) is 17.4 Å². The first-order valence-corrected chi connectivity index (χ1v) is 12.3. The summed E-state index contributed by atoms with van der Waals surface area (Å²) in [6, 6.07) is 11.9. The van der Waals surface area contributed by atoms with Gasteiger partial charge in [-0.2, -0.15) is 0 Å². The molecule has 190 valence electrons. The Bertz CT molecular complexity index is 1340. The van der Waals surface area contributed by atoms with Gasteiger partial charge in [0, 0.05) is 37.5 Å². The average Bonchev–Trinajstić information content (AvgIpc) is 3.61. The van der Waals surface area contributed by atoms with Gasteiger partial charge in [0.25, 0.3) is 11.7 Å². The number of likely N-dealkylation sites (tertiary alicyclic amines) is 1. The summed E-state index contributed by atoms with van der Waals surface area (Å²) < 4.78 is 13.3. The molecule has 8 nitrogen and oxygen atoms in total. The Morgan fingerprint density at radius 3 is 2.76 bits per heavy atom. The van der Waals surface area contributed by atoms with Gasteiger partial charge >= 0.3 is 0 Å². The highest BCUT2D eigenvalue weighted by Gasteiger charge is 2.45. The van der Waals surface area contributed by atoms with Crippen LogP contribution in [-0.4, -0.2) is 50.5 Å². The van der Waals surface area contributed by atoms with Crippen molar-refractivity contribution < 1.29 is 24.2 Å². The number of carbonyl (C=O) groups is 2. The minimum absolute atomic E-state index is 0.0512. The Labute approximate surface area is 215 Å². The largest absolute Gasteiger partial charge is 0.507 e. The van der Waals surface area contributed by atoms with Crippen molar-refractivity contribution in [1.82, 2.24) is 14.5 Å². The fourth-order valence-corrected chi connectivity index (χ4v) is 4.93. The first-order valence-electron chi connectivity index (χ1n) is 12.3. The molecule has 0 radical (unpaired) electrons. The molecule has 3 heterocycles. The molecule has 1 saturated heterocycles. The van der Waals surface area contributed by atoms with Gasteiger partial charge in [0.2, 0.25) is 0 Å². The van der Waals surface area contributed by atoms with Crippen LogP contribution >= 0.6 is 0 Å². The summed E-state index contributed by atoms with van der Waals surface area (Å²) in [6.45, 7) is 7.00. The van der Waals surface area contributed by atoms with E-state index in [9.17, 15) is 14.7 Å². The molecule has 0 aliphatic carbocycles. The predicted molar refractivity (Wildman–Crippen MR) is 138 cm³/mol. The lowest BCUT2D eigenvalue weighted by atomic mass is 9.94. The molecule has 37 heavy (non-hydrogen) atoms. The summed E-state index contributed by atoms with van der Waals surface area (Å²) in [5.41, 5.74) is 2.25. The third-order valence-corrected chi connectivity index (χ3v) is 6.65. The molecule has 2 aliphatic heterocycles. The van der Waals surface area contributed by atoms with Gasteiger partial charge < -0.3 is 24.0 Å². The quantitative estimate of drug-likeness (QED) is 0.204. The third-order valence-electron chi connectivity index (χ3n) is 6.65. The predicted octanol–water partition coefficient (Wildman–Crippen LogP) is 4.28. The van der Waals surface area contributed by atoms with E-state index >= 15 is 0 Å². The molecule has 2 aliphatic rings. The number of aromatic nitrogens is 2. The van der Waals surface area contributed by atoms with Gasteiger partial charge in [-0.1, -0.05) is 24.8 Å². The second-order valence-corrected chi connectivity index (χ2v) is 9.27. The zero-order valence-corrected chi connectivity index (χ0v) is 20.7. The summed E-state index contributed by atoms with van der Waals surface area (Å²) in [5.74, 6) is -0.0802. The fraction of sp³-hybridized carbons (Fsp3) is 0.276. The highest BCUT2D eigenvalue weighted by Crippen LogP contribution is 2.41. The maximum Gasteiger partial charge on any atom is 0.295 e. The first kappa shape index (κ1) is 24.4. The van der Waals surface area contributed by atoms with Crippen LogP contribution in [0.1, 0.15) is 36.1 Å². The SMILES string of the molecule is C=CCOc1ccc([C@H]2/C(=C(\O)c3ccc4c(c3)C[C@@H](C)O4)C(=O)C(=O)N2CCCn2ccnc2)cc1. The van der Waals surface area contributed by atoms with E-state index in [1.54, 1.807) is 47.8 Å². The summed E-state index contributed by atoms with van der Waals surface area (Å²) >= 11 is 0. The molecule has 2 atom stereocenters. The number of nitrogens with zero attached hydrogens (tertiary/aromatic N) is 3. The first-order chi connectivity index (χ1) is 18.0. The van der Waals surface area contributed by atoms with Crippen LogP contribution in [0.25, 0.3) is 5.76 Å². The van der Waals surface area contributed by atoms with Crippen LogP contribution in [-0.2, 0) is 22.6 Å². The van der Waals surface area contributed by atoms with E-state index in [1.807, 2.05) is 35.9 Å². The minimum atomic E-state index is -0.723. The standard InChI is InChI=1S/C29H29N3O5/c1-3-15-36-23-8-5-20(6-9-23)26-25(27(33)21-7-10-24-22(17-21)16-19(2)37-24)28(34)29(35)32(26)13-4-12-31-14-11-30-18-31/h3,5-11,14,17-19,26,33H,1,4,12-13,15-16H2,2H3/b27-25+/t19-,26+/m1/s1. The number of hydrogen-bond acceptors (Lipinski definition) is 6. The molecular weight excluding hydrogens is 470 g/mol. The van der Waals surface area contributed by atoms with Crippen molar-refractivity contribution in [2.75, 3.05) is 13.2 Å². The number of benzene rings is 2. The van der Waals surface area contributed by atoms with Crippen LogP contribution in [0.15, 0.2) is 79.4 Å². The lowest BCUT2D eigenvalue weighted by Crippen LogP contribution is -2.31. The Morgan fingerprint density at radius 1 is 1.22 bits per heavy atom. The van der Waals surface area contributed by atoms with Crippen LogP contribution in [0, 0.1) is 0 Å². The maximum absolute atomic E-state index is 13.3. The number of carbonyl (C=O) groups excluding carboxylic acids is 2. The van der Waals surface area contributed by atoms with Gasteiger partial charge in [-0.05, 0) is 54.8 Å². The summed E-state index contributed by atoms with van der Waals surface area (Å²) in [5, 5.41) is 11.4. The molecule has 1 amide bonds. The topological polar surface area (TPSA) is 93.9 Å². The van der Waals surface area contributed by atoms with Crippen LogP contribution in [0.3, 0.4) is 0 Å². The fourth-order valence-electron chi connectivity index (χ4n) is 4.93. The number of imidazole rings is 1. The molecule has 5 rings (SSSR count). The molecule has 0 saturated carbocycles. The lowest BCUT2D eigenvalue weighted by molar-refractivity contribution is -0.139. The molecule has 3 aromatic rings. The minimum Gasteiger partial charge on any atom is -0.507 e. The van der Waals surface area contributed by atoms with Gasteiger partial charge in [-0.3, -0.25) is 9.59 Å². The molecule has 0 spiro atoms. The Morgan fingerprint density at radius 2 is 2.03 bits per heavy atom. The van der Waals surface area contributed by atoms with Gasteiger partial charge in [0.05, 0.1) is 17.9 Å². The van der Waals surface area contributed by atoms with Crippen LogP contribution in [0.5, 0.6) is 11.5 Å². The maximum atomic E-state index is 13.3. The number of aliphatic hydroxyl groups excluding tert-OH is 1. The van der Waals surface area contributed by atoms with Crippen molar-refractivity contribution in [3.05, 3.63) is 96.1 Å². The van der Waals surface area contributed by atoms with E-state index in [2.05, 4.69) is 11.6 Å². The Hall–Kier alpha value is -4.33. The van der Waals surface area contributed by atoms with Crippen molar-refractivity contribution in [2.24, 2.45) is 0 Å². The smallest absolute Gasteiger partial charge is 0.295 e. The number of hydrogen-bond donors (Lipinski definition) is 1. The number of Topliss-reactive ketones (excluding diaryl/α,β-unsaturated/α-hetero) is 1. The van der Waals surface area contributed by atoms with Crippen molar-refractivity contribution in [3.63, 3.8) is 0 Å². The highest BCUT2D eigenvalue weighted by atomic mass is 16.5. The number of amides is 1. The van der Waals surface area contributed by atoms with E-state index in [1.165, 1.54) is 0 Å². The van der Waals surface area contributed by atoms with Crippen LogP contribution in [0.4, 0.5) is 0 Å². The number of ketones is 1. The van der Waals surface area contributed by atoms with Crippen molar-refractivity contribution >= 4 is 17.4 Å². The van der Waals surface area contributed by atoms with Gasteiger partial charge in [-0.25, -0.2) is 4.98 Å². The van der Waals surface area contributed by atoms with Crippen molar-refractivity contribution in [2.45, 2.75) is 38.5 Å². The second kappa shape index (κ2) is 10.3. The van der Waals surface area contributed by atoms with E-state index in [4.69, 9.17) is 9.47 Å². The molecule has 2 aromatic carbocycles. The molecule has 1 fully saturated rings. The molecule has 1 N–H and O–H groups in total. The Balaban J connectivity index is 1.51. The summed E-state index contributed by atoms with van der Waals surface area (Å²) in [4.78, 5) is 32.1. The molecule has 8 heteroatoms. The molecule has 1 aromatic heterocycles. The van der Waals surface area contributed by atoms with Crippen molar-refractivity contribution in [1.29, 1.82) is 0 Å². The monoisotopic (exact) mass is 499 g/mol. The van der Waals surface area contributed by atoms with Gasteiger partial charge in [0.1, 0.15) is 30.0 Å². The average molecular weight is 500 g/mol. The molecule has 0 unspecified atom stereocenters. The molecular formula is C29H29N3O5. The van der Waals surface area contributed by atoms with Gasteiger partial charge in [-0.15, -0.1) is 0 Å². The number of fused-ring (bicyclic) bond motifs is 1. The number of ether oxygens (including phenoxy) is 2. The lowest BCUT2D eigenvalue weighted by Gasteiger charge is -2.25. The summed E-state index contributed by atoms with van der Waals surface area (Å²) in [6.07, 6.45) is 8.31. The zero-order valence-electron chi connectivity index (χ0n) is 20.7. The zero-order chi connectivity index (χ0) is 25.9. The molecule has 0 bridgehead atoms. The van der Waals surface area contributed by atoms with Gasteiger partial charge in [0.15, 0.2) is 0 Å². The summed E-state index contributed by atoms with van der Waals surface area (Å²) in [7, 11) is 0. The second-order valence-electron chi connectivity index (χ2n) is 9.27. The van der Waals surface area contributed by atoms with Crippen LogP contribution in [0.2, 0.25) is 0 Å². The highest BCUT2D eigenvalue weighted by molar-refractivity contribution is 6.46. The third kappa shape index (κ3) is 4.87. The Kier molecular flexibility index (Phi) is 6.81. The number of aryl methyl sites for hydroxylation is 1.